The van der Waals surface area contributed by atoms with Crippen molar-refractivity contribution in [1.82, 2.24) is 5.32 Å². The molecule has 3 N–H and O–H groups in total. The van der Waals surface area contributed by atoms with Gasteiger partial charge in [-0.25, -0.2) is 0 Å². The molecule has 0 fully saturated rings. The Balaban J connectivity index is 0.00000324. The van der Waals surface area contributed by atoms with Crippen LogP contribution >= 0.6 is 12.4 Å². The van der Waals surface area contributed by atoms with E-state index < -0.39 is 22.3 Å². The number of halogens is 1. The van der Waals surface area contributed by atoms with Crippen LogP contribution in [0.5, 0.6) is 0 Å². The lowest BCUT2D eigenvalue weighted by Gasteiger charge is -2.33. The van der Waals surface area contributed by atoms with Crippen LogP contribution < -0.4 is 11.1 Å². The summed E-state index contributed by atoms with van der Waals surface area (Å²) >= 11 is 0. The van der Waals surface area contributed by atoms with Crippen molar-refractivity contribution in [3.05, 3.63) is 28.0 Å². The molecule has 1 unspecified atom stereocenters. The Bertz CT molecular complexity index is 461. The smallest absolute Gasteiger partial charge is 0.395 e. The minimum Gasteiger partial charge on any atom is -0.395 e. The maximum Gasteiger partial charge on any atom is 0.433 e. The highest BCUT2D eigenvalue weighted by Crippen LogP contribution is 2.19. The fourth-order valence-electron chi connectivity index (χ4n) is 1.30. The summed E-state index contributed by atoms with van der Waals surface area (Å²) in [4.78, 5) is 21.6. The van der Waals surface area contributed by atoms with Gasteiger partial charge in [0.15, 0.2) is 5.76 Å². The van der Waals surface area contributed by atoms with Crippen molar-refractivity contribution in [2.75, 3.05) is 6.54 Å². The van der Waals surface area contributed by atoms with Crippen LogP contribution in [0.4, 0.5) is 5.88 Å². The van der Waals surface area contributed by atoms with E-state index in [1.807, 2.05) is 20.8 Å². The molecule has 0 aliphatic carbocycles. The fraction of sp³-hybridized carbons (Fsp3) is 0.545. The molecule has 7 nitrogen and oxygen atoms in total. The van der Waals surface area contributed by atoms with E-state index in [-0.39, 0.29) is 30.6 Å². The molecule has 0 aliphatic heterocycles. The SMILES string of the molecule is CC(C)C(C)(CN)NC(=O)c1ccc([N+](=O)[O-])o1.Cl. The van der Waals surface area contributed by atoms with E-state index in [9.17, 15) is 14.9 Å². The zero-order chi connectivity index (χ0) is 13.9. The molecule has 1 aromatic heterocycles. The first-order chi connectivity index (χ1) is 8.30. The van der Waals surface area contributed by atoms with E-state index in [4.69, 9.17) is 10.2 Å². The van der Waals surface area contributed by atoms with Crippen LogP contribution in [-0.4, -0.2) is 22.9 Å². The number of carbonyl (C=O) groups is 1. The van der Waals surface area contributed by atoms with E-state index in [1.165, 1.54) is 6.07 Å². The van der Waals surface area contributed by atoms with Crippen molar-refractivity contribution in [3.8, 4) is 0 Å². The summed E-state index contributed by atoms with van der Waals surface area (Å²) in [6.45, 7) is 5.93. The number of furan rings is 1. The van der Waals surface area contributed by atoms with Crippen molar-refractivity contribution >= 4 is 24.2 Å². The van der Waals surface area contributed by atoms with Gasteiger partial charge in [0.25, 0.3) is 5.91 Å². The lowest BCUT2D eigenvalue weighted by Crippen LogP contribution is -2.54. The van der Waals surface area contributed by atoms with Gasteiger partial charge in [0.05, 0.1) is 11.6 Å². The quantitative estimate of drug-likeness (QED) is 0.633. The maximum absolute atomic E-state index is 11.9. The molecule has 0 bridgehead atoms. The highest BCUT2D eigenvalue weighted by atomic mass is 35.5. The van der Waals surface area contributed by atoms with Gasteiger partial charge in [0.1, 0.15) is 4.92 Å². The van der Waals surface area contributed by atoms with Crippen molar-refractivity contribution in [2.24, 2.45) is 11.7 Å². The third kappa shape index (κ3) is 3.93. The number of carbonyl (C=O) groups excluding carboxylic acids is 1. The highest BCUT2D eigenvalue weighted by molar-refractivity contribution is 5.92. The minimum absolute atomic E-state index is 0. The normalized spacial score (nSPS) is 13.5. The third-order valence-corrected chi connectivity index (χ3v) is 3.09. The lowest BCUT2D eigenvalue weighted by atomic mass is 9.88. The summed E-state index contributed by atoms with van der Waals surface area (Å²) in [5.74, 6) is -0.942. The van der Waals surface area contributed by atoms with Gasteiger partial charge in [-0.3, -0.25) is 14.9 Å². The molecule has 1 atom stereocenters. The van der Waals surface area contributed by atoms with Crippen LogP contribution in [0.3, 0.4) is 0 Å². The van der Waals surface area contributed by atoms with Crippen molar-refractivity contribution < 1.29 is 14.1 Å². The number of hydrogen-bond acceptors (Lipinski definition) is 5. The molecule has 0 spiro atoms. The van der Waals surface area contributed by atoms with Crippen molar-refractivity contribution in [1.29, 1.82) is 0 Å². The molecular weight excluding hydrogens is 274 g/mol. The predicted molar refractivity (Wildman–Crippen MR) is 72.4 cm³/mol. The molecule has 0 saturated heterocycles. The van der Waals surface area contributed by atoms with Crippen LogP contribution in [-0.2, 0) is 0 Å². The number of amides is 1. The van der Waals surface area contributed by atoms with Crippen LogP contribution in [0.1, 0.15) is 31.3 Å². The number of nitrogens with two attached hydrogens (primary N) is 1. The molecule has 8 heteroatoms. The van der Waals surface area contributed by atoms with Gasteiger partial charge in [-0.05, 0) is 18.9 Å². The van der Waals surface area contributed by atoms with Gasteiger partial charge in [0.2, 0.25) is 0 Å². The fourth-order valence-corrected chi connectivity index (χ4v) is 1.30. The van der Waals surface area contributed by atoms with E-state index in [0.29, 0.717) is 0 Å². The molecule has 19 heavy (non-hydrogen) atoms. The Morgan fingerprint density at radius 1 is 1.58 bits per heavy atom. The summed E-state index contributed by atoms with van der Waals surface area (Å²) in [6.07, 6.45) is 0. The maximum atomic E-state index is 11.9. The molecule has 1 rings (SSSR count). The summed E-state index contributed by atoms with van der Waals surface area (Å²) < 4.78 is 4.83. The molecule has 0 saturated carbocycles. The van der Waals surface area contributed by atoms with Gasteiger partial charge < -0.3 is 15.5 Å². The van der Waals surface area contributed by atoms with Crippen LogP contribution in [0.25, 0.3) is 0 Å². The number of hydrogen-bond donors (Lipinski definition) is 2. The Morgan fingerprint density at radius 2 is 2.16 bits per heavy atom. The number of nitrogens with one attached hydrogen (secondary N) is 1. The van der Waals surface area contributed by atoms with Crippen molar-refractivity contribution in [3.63, 3.8) is 0 Å². The number of nitrogens with zero attached hydrogens (tertiary/aromatic N) is 1. The summed E-state index contributed by atoms with van der Waals surface area (Å²) in [6, 6.07) is 2.41. The second-order valence-electron chi connectivity index (χ2n) is 4.63. The van der Waals surface area contributed by atoms with Gasteiger partial charge in [0, 0.05) is 6.54 Å². The minimum atomic E-state index is -0.693. The average Bonchev–Trinajstić information content (AvgIpc) is 2.77. The van der Waals surface area contributed by atoms with E-state index >= 15 is 0 Å². The van der Waals surface area contributed by atoms with E-state index in [2.05, 4.69) is 5.32 Å². The first-order valence-corrected chi connectivity index (χ1v) is 5.57. The van der Waals surface area contributed by atoms with Gasteiger partial charge in [-0.15, -0.1) is 12.4 Å². The Hall–Kier alpha value is -1.60. The zero-order valence-electron chi connectivity index (χ0n) is 11.0. The third-order valence-electron chi connectivity index (χ3n) is 3.09. The van der Waals surface area contributed by atoms with Crippen molar-refractivity contribution in [2.45, 2.75) is 26.3 Å². The Morgan fingerprint density at radius 3 is 2.53 bits per heavy atom. The van der Waals surface area contributed by atoms with Crippen LogP contribution in [0.2, 0.25) is 0 Å². The monoisotopic (exact) mass is 291 g/mol. The van der Waals surface area contributed by atoms with Crippen LogP contribution in [0, 0.1) is 16.0 Å². The summed E-state index contributed by atoms with van der Waals surface area (Å²) in [7, 11) is 0. The van der Waals surface area contributed by atoms with Gasteiger partial charge in [-0.1, -0.05) is 13.8 Å². The first kappa shape index (κ1) is 17.4. The topological polar surface area (TPSA) is 111 Å². The molecule has 1 aromatic rings. The molecule has 108 valence electrons. The number of rotatable bonds is 5. The molecule has 0 aromatic carbocycles. The lowest BCUT2D eigenvalue weighted by molar-refractivity contribution is -0.402. The molecule has 1 heterocycles. The highest BCUT2D eigenvalue weighted by Gasteiger charge is 2.30. The number of nitro groups is 1. The second-order valence-corrected chi connectivity index (χ2v) is 4.63. The van der Waals surface area contributed by atoms with Crippen LogP contribution in [0.15, 0.2) is 16.5 Å². The largest absolute Gasteiger partial charge is 0.433 e. The average molecular weight is 292 g/mol. The first-order valence-electron chi connectivity index (χ1n) is 5.57. The second kappa shape index (κ2) is 6.53. The van der Waals surface area contributed by atoms with E-state index in [1.54, 1.807) is 0 Å². The Labute approximate surface area is 117 Å². The van der Waals surface area contributed by atoms with E-state index in [0.717, 1.165) is 6.07 Å². The Kier molecular flexibility index (Phi) is 5.98. The summed E-state index contributed by atoms with van der Waals surface area (Å²) in [5, 5.41) is 13.2. The predicted octanol–water partition coefficient (Wildman–Crippen LogP) is 1.71. The summed E-state index contributed by atoms with van der Waals surface area (Å²) in [5.41, 5.74) is 5.05. The molecule has 1 amide bonds. The molecule has 0 aliphatic rings. The molecule has 0 radical (unpaired) electrons. The van der Waals surface area contributed by atoms with Gasteiger partial charge >= 0.3 is 5.88 Å². The van der Waals surface area contributed by atoms with Gasteiger partial charge in [-0.2, -0.15) is 0 Å². The molecular formula is C11H18ClN3O4. The zero-order valence-corrected chi connectivity index (χ0v) is 11.8. The standard InChI is InChI=1S/C11H17N3O4.ClH/c1-7(2)11(3,6-12)13-10(15)8-4-5-9(18-8)14(16)17;/h4-5,7H,6,12H2,1-3H3,(H,13,15);1H.